The van der Waals surface area contributed by atoms with Gasteiger partial charge in [0.1, 0.15) is 30.2 Å². The van der Waals surface area contributed by atoms with Gasteiger partial charge >= 0.3 is 0 Å². The lowest BCUT2D eigenvalue weighted by molar-refractivity contribution is -0.0000939. The number of halogens is 1. The van der Waals surface area contributed by atoms with Crippen LogP contribution in [0.15, 0.2) is 36.4 Å². The van der Waals surface area contributed by atoms with E-state index in [9.17, 15) is 0 Å². The van der Waals surface area contributed by atoms with Crippen molar-refractivity contribution in [1.29, 1.82) is 0 Å². The number of benzene rings is 1. The molecular formula is C19H24ClNO4. The molecule has 0 saturated carbocycles. The minimum Gasteiger partial charge on any atom is -0.488 e. The second-order valence-electron chi connectivity index (χ2n) is 5.48. The number of hydrogen-bond donors (Lipinski definition) is 0. The molecule has 25 heavy (non-hydrogen) atoms. The van der Waals surface area contributed by atoms with Crippen LogP contribution >= 0.6 is 11.6 Å². The highest BCUT2D eigenvalue weighted by Gasteiger charge is 2.14. The third-order valence-electron chi connectivity index (χ3n) is 3.70. The molecule has 0 saturated heterocycles. The highest BCUT2D eigenvalue weighted by atomic mass is 35.5. The number of hydrogen-bond acceptors (Lipinski definition) is 5. The van der Waals surface area contributed by atoms with E-state index in [1.807, 2.05) is 37.3 Å². The first kappa shape index (κ1) is 19.5. The zero-order valence-electron chi connectivity index (χ0n) is 14.8. The van der Waals surface area contributed by atoms with Gasteiger partial charge in [0.25, 0.3) is 0 Å². The van der Waals surface area contributed by atoms with Crippen molar-refractivity contribution in [1.82, 2.24) is 4.98 Å². The summed E-state index contributed by atoms with van der Waals surface area (Å²) in [5, 5.41) is 0.392. The first-order valence-corrected chi connectivity index (χ1v) is 8.56. The molecule has 5 nitrogen and oxygen atoms in total. The predicted octanol–water partition coefficient (Wildman–Crippen LogP) is 3.92. The van der Waals surface area contributed by atoms with Gasteiger partial charge in [-0.3, -0.25) is 0 Å². The van der Waals surface area contributed by atoms with Gasteiger partial charge in [0, 0.05) is 25.8 Å². The number of methoxy groups -OCH3 is 2. The summed E-state index contributed by atoms with van der Waals surface area (Å²) in [5.41, 5.74) is 1.95. The van der Waals surface area contributed by atoms with Crippen LogP contribution in [0.2, 0.25) is 5.15 Å². The maximum Gasteiger partial charge on any atom is 0.218 e. The van der Waals surface area contributed by atoms with Gasteiger partial charge < -0.3 is 18.9 Å². The summed E-state index contributed by atoms with van der Waals surface area (Å²) in [5.74, 6) is 1.09. The maximum absolute atomic E-state index is 6.30. The largest absolute Gasteiger partial charge is 0.488 e. The van der Waals surface area contributed by atoms with Gasteiger partial charge in [-0.2, -0.15) is 0 Å². The van der Waals surface area contributed by atoms with Crippen LogP contribution in [0.4, 0.5) is 0 Å². The molecule has 0 fully saturated rings. The number of pyridine rings is 1. The van der Waals surface area contributed by atoms with E-state index < -0.39 is 0 Å². The third-order valence-corrected chi connectivity index (χ3v) is 4.02. The van der Waals surface area contributed by atoms with Gasteiger partial charge in [-0.25, -0.2) is 4.98 Å². The van der Waals surface area contributed by atoms with E-state index >= 15 is 0 Å². The molecule has 0 bridgehead atoms. The Bertz CT molecular complexity index is 651. The molecule has 2 rings (SSSR count). The van der Waals surface area contributed by atoms with Crippen molar-refractivity contribution in [3.8, 4) is 11.6 Å². The molecule has 0 aliphatic rings. The van der Waals surface area contributed by atoms with E-state index in [0.717, 1.165) is 17.5 Å². The van der Waals surface area contributed by atoms with Gasteiger partial charge in [0.05, 0.1) is 6.61 Å². The van der Waals surface area contributed by atoms with Gasteiger partial charge in [0.2, 0.25) is 5.88 Å². The molecule has 0 aliphatic carbocycles. The fourth-order valence-electron chi connectivity index (χ4n) is 2.30. The van der Waals surface area contributed by atoms with Gasteiger partial charge in [-0.05, 0) is 12.0 Å². The molecule has 6 heteroatoms. The predicted molar refractivity (Wildman–Crippen MR) is 97.6 cm³/mol. The fraction of sp³-hybridized carbons (Fsp3) is 0.421. The molecule has 1 atom stereocenters. The first-order valence-electron chi connectivity index (χ1n) is 8.18. The van der Waals surface area contributed by atoms with E-state index in [0.29, 0.717) is 36.6 Å². The fourth-order valence-corrected chi connectivity index (χ4v) is 2.61. The summed E-state index contributed by atoms with van der Waals surface area (Å²) < 4.78 is 22.0. The monoisotopic (exact) mass is 365 g/mol. The van der Waals surface area contributed by atoms with E-state index in [4.69, 9.17) is 30.5 Å². The molecule has 2 aromatic rings. The highest BCUT2D eigenvalue weighted by Crippen LogP contribution is 2.30. The summed E-state index contributed by atoms with van der Waals surface area (Å²) in [6.07, 6.45) is 0.547. The van der Waals surface area contributed by atoms with Crippen LogP contribution in [0.3, 0.4) is 0 Å². The van der Waals surface area contributed by atoms with Crippen LogP contribution in [-0.2, 0) is 22.5 Å². The Morgan fingerprint density at radius 2 is 1.84 bits per heavy atom. The Kier molecular flexibility index (Phi) is 7.98. The molecule has 1 aromatic heterocycles. The van der Waals surface area contributed by atoms with E-state index in [1.165, 1.54) is 0 Å². The molecule has 0 N–H and O–H groups in total. The molecule has 136 valence electrons. The normalized spacial score (nSPS) is 12.0. The number of nitrogens with zero attached hydrogens (tertiary/aromatic N) is 1. The minimum absolute atomic E-state index is 0.176. The third kappa shape index (κ3) is 5.88. The van der Waals surface area contributed by atoms with Gasteiger partial charge in [0.15, 0.2) is 0 Å². The molecule has 0 spiro atoms. The summed E-state index contributed by atoms with van der Waals surface area (Å²) in [6.45, 7) is 3.22. The average molecular weight is 366 g/mol. The van der Waals surface area contributed by atoms with Crippen LogP contribution in [-0.4, -0.2) is 38.5 Å². The molecule has 1 heterocycles. The second kappa shape index (κ2) is 10.2. The Labute approximate surface area is 153 Å². The minimum atomic E-state index is -0.176. The summed E-state index contributed by atoms with van der Waals surface area (Å²) in [4.78, 5) is 4.29. The molecule has 0 amide bonds. The Hall–Kier alpha value is -1.82. The van der Waals surface area contributed by atoms with Gasteiger partial charge in [-0.1, -0.05) is 48.9 Å². The summed E-state index contributed by atoms with van der Waals surface area (Å²) in [6, 6.07) is 11.7. The van der Waals surface area contributed by atoms with E-state index in [1.54, 1.807) is 20.3 Å². The Balaban J connectivity index is 2.10. The number of aromatic nitrogens is 1. The molecule has 0 radical (unpaired) electrons. The highest BCUT2D eigenvalue weighted by molar-refractivity contribution is 6.30. The lowest BCUT2D eigenvalue weighted by Crippen LogP contribution is -2.25. The van der Waals surface area contributed by atoms with Crippen molar-refractivity contribution in [2.45, 2.75) is 26.1 Å². The summed E-state index contributed by atoms with van der Waals surface area (Å²) in [7, 11) is 3.23. The van der Waals surface area contributed by atoms with Crippen molar-refractivity contribution in [3.63, 3.8) is 0 Å². The zero-order valence-corrected chi connectivity index (χ0v) is 15.6. The smallest absolute Gasteiger partial charge is 0.218 e. The van der Waals surface area contributed by atoms with Crippen LogP contribution in [0.5, 0.6) is 11.6 Å². The van der Waals surface area contributed by atoms with Crippen molar-refractivity contribution >= 4 is 11.6 Å². The van der Waals surface area contributed by atoms with Crippen LogP contribution in [0.25, 0.3) is 0 Å². The van der Waals surface area contributed by atoms with Crippen LogP contribution in [0, 0.1) is 0 Å². The molecular weight excluding hydrogens is 342 g/mol. The second-order valence-corrected chi connectivity index (χ2v) is 5.84. The Morgan fingerprint density at radius 3 is 2.48 bits per heavy atom. The van der Waals surface area contributed by atoms with Gasteiger partial charge in [-0.15, -0.1) is 0 Å². The molecule has 0 aliphatic heterocycles. The van der Waals surface area contributed by atoms with E-state index in [-0.39, 0.29) is 6.10 Å². The lowest BCUT2D eigenvalue weighted by Gasteiger charge is -2.17. The number of rotatable bonds is 10. The average Bonchev–Trinajstić information content (AvgIpc) is 2.64. The van der Waals surface area contributed by atoms with Crippen LogP contribution < -0.4 is 9.47 Å². The van der Waals surface area contributed by atoms with Crippen molar-refractivity contribution < 1.29 is 18.9 Å². The topological polar surface area (TPSA) is 49.8 Å². The van der Waals surface area contributed by atoms with E-state index in [2.05, 4.69) is 4.98 Å². The summed E-state index contributed by atoms with van der Waals surface area (Å²) >= 11 is 6.30. The SMILES string of the molecule is CCc1c(OCc2ccccc2)cc(OCC(COC)OC)nc1Cl. The lowest BCUT2D eigenvalue weighted by atomic mass is 10.2. The van der Waals surface area contributed by atoms with Crippen LogP contribution in [0.1, 0.15) is 18.1 Å². The maximum atomic E-state index is 6.30. The first-order chi connectivity index (χ1) is 12.2. The zero-order chi connectivity index (χ0) is 18.1. The van der Waals surface area contributed by atoms with Crippen molar-refractivity contribution in [3.05, 3.63) is 52.7 Å². The molecule has 1 aromatic carbocycles. The quantitative estimate of drug-likeness (QED) is 0.597. The van der Waals surface area contributed by atoms with Crippen molar-refractivity contribution in [2.24, 2.45) is 0 Å². The number of ether oxygens (including phenoxy) is 4. The standard InChI is InChI=1S/C19H24ClNO4/c1-4-16-17(24-11-14-8-6-5-7-9-14)10-18(21-19(16)20)25-13-15(23-3)12-22-2/h5-10,15H,4,11-13H2,1-3H3. The molecule has 1 unspecified atom stereocenters. The Morgan fingerprint density at radius 1 is 1.08 bits per heavy atom. The van der Waals surface area contributed by atoms with Crippen molar-refractivity contribution in [2.75, 3.05) is 27.4 Å².